The molecule has 1 aromatic rings. The Kier molecular flexibility index (Phi) is 3.36. The van der Waals surface area contributed by atoms with Gasteiger partial charge in [0.2, 0.25) is 0 Å². The second-order valence-electron chi connectivity index (χ2n) is 4.94. The first kappa shape index (κ1) is 11.6. The van der Waals surface area contributed by atoms with E-state index in [4.69, 9.17) is 5.26 Å². The van der Waals surface area contributed by atoms with Gasteiger partial charge < -0.3 is 5.32 Å². The van der Waals surface area contributed by atoms with Gasteiger partial charge in [0.05, 0.1) is 6.07 Å². The SMILES string of the molecule is Cc1cccc(NC(C#N)C(C)(C)C)c1. The molecular formula is C13H18N2. The zero-order valence-corrected chi connectivity index (χ0v) is 9.83. The predicted octanol–water partition coefficient (Wildman–Crippen LogP) is 3.35. The molecule has 0 bridgehead atoms. The third-order valence-corrected chi connectivity index (χ3v) is 2.32. The molecule has 15 heavy (non-hydrogen) atoms. The molecule has 0 fully saturated rings. The first-order valence-electron chi connectivity index (χ1n) is 5.16. The Labute approximate surface area is 91.9 Å². The summed E-state index contributed by atoms with van der Waals surface area (Å²) < 4.78 is 0. The van der Waals surface area contributed by atoms with E-state index in [0.29, 0.717) is 0 Å². The van der Waals surface area contributed by atoms with Crippen molar-refractivity contribution in [1.29, 1.82) is 5.26 Å². The Balaban J connectivity index is 2.82. The summed E-state index contributed by atoms with van der Waals surface area (Å²) >= 11 is 0. The van der Waals surface area contributed by atoms with Gasteiger partial charge in [-0.2, -0.15) is 5.26 Å². The highest BCUT2D eigenvalue weighted by Crippen LogP contribution is 2.22. The van der Waals surface area contributed by atoms with Crippen molar-refractivity contribution in [2.75, 3.05) is 5.32 Å². The van der Waals surface area contributed by atoms with Gasteiger partial charge in [-0.25, -0.2) is 0 Å². The Bertz CT molecular complexity index is 369. The number of nitriles is 1. The fourth-order valence-corrected chi connectivity index (χ4v) is 1.34. The molecule has 80 valence electrons. The van der Waals surface area contributed by atoms with E-state index in [9.17, 15) is 0 Å². The number of benzene rings is 1. The lowest BCUT2D eigenvalue weighted by Gasteiger charge is -2.26. The van der Waals surface area contributed by atoms with Gasteiger partial charge in [-0.15, -0.1) is 0 Å². The highest BCUT2D eigenvalue weighted by atomic mass is 14.9. The second-order valence-corrected chi connectivity index (χ2v) is 4.94. The van der Waals surface area contributed by atoms with Crippen molar-refractivity contribution in [2.24, 2.45) is 5.41 Å². The van der Waals surface area contributed by atoms with Crippen LogP contribution in [0.5, 0.6) is 0 Å². The minimum Gasteiger partial charge on any atom is -0.369 e. The minimum absolute atomic E-state index is 0.0570. The lowest BCUT2D eigenvalue weighted by atomic mass is 9.87. The van der Waals surface area contributed by atoms with Gasteiger partial charge in [-0.3, -0.25) is 0 Å². The maximum Gasteiger partial charge on any atom is 0.119 e. The average molecular weight is 202 g/mol. The lowest BCUT2D eigenvalue weighted by Crippen LogP contribution is -2.32. The number of anilines is 1. The van der Waals surface area contributed by atoms with Crippen LogP contribution in [0.1, 0.15) is 26.3 Å². The van der Waals surface area contributed by atoms with Gasteiger partial charge in [-0.1, -0.05) is 32.9 Å². The Morgan fingerprint density at radius 2 is 2.00 bits per heavy atom. The van der Waals surface area contributed by atoms with Crippen LogP contribution in [0.2, 0.25) is 0 Å². The van der Waals surface area contributed by atoms with Crippen LogP contribution in [-0.2, 0) is 0 Å². The molecule has 0 saturated heterocycles. The molecule has 0 spiro atoms. The number of nitrogens with one attached hydrogen (secondary N) is 1. The third-order valence-electron chi connectivity index (χ3n) is 2.32. The molecule has 1 unspecified atom stereocenters. The molecule has 0 radical (unpaired) electrons. The number of hydrogen-bond donors (Lipinski definition) is 1. The summed E-state index contributed by atoms with van der Waals surface area (Å²) in [5, 5.41) is 12.3. The molecule has 1 N–H and O–H groups in total. The van der Waals surface area contributed by atoms with Gasteiger partial charge >= 0.3 is 0 Å². The van der Waals surface area contributed by atoms with E-state index in [-0.39, 0.29) is 11.5 Å². The van der Waals surface area contributed by atoms with Crippen LogP contribution in [0, 0.1) is 23.7 Å². The molecule has 0 heterocycles. The van der Waals surface area contributed by atoms with Crippen molar-refractivity contribution in [2.45, 2.75) is 33.7 Å². The van der Waals surface area contributed by atoms with Gasteiger partial charge in [0.1, 0.15) is 6.04 Å². The molecule has 2 nitrogen and oxygen atoms in total. The highest BCUT2D eigenvalue weighted by Gasteiger charge is 2.23. The Morgan fingerprint density at radius 1 is 1.33 bits per heavy atom. The first-order valence-corrected chi connectivity index (χ1v) is 5.16. The first-order chi connectivity index (χ1) is 6.93. The van der Waals surface area contributed by atoms with Crippen LogP contribution in [0.3, 0.4) is 0 Å². The standard InChI is InChI=1S/C13H18N2/c1-10-6-5-7-11(8-10)15-12(9-14)13(2,3)4/h5-8,12,15H,1-4H3. The minimum atomic E-state index is -0.167. The topological polar surface area (TPSA) is 35.8 Å². The van der Waals surface area contributed by atoms with Crippen LogP contribution in [0.15, 0.2) is 24.3 Å². The molecule has 0 amide bonds. The van der Waals surface area contributed by atoms with Gasteiger partial charge in [0.15, 0.2) is 0 Å². The Morgan fingerprint density at radius 3 is 2.47 bits per heavy atom. The van der Waals surface area contributed by atoms with Crippen molar-refractivity contribution in [3.8, 4) is 6.07 Å². The molecule has 0 aliphatic rings. The summed E-state index contributed by atoms with van der Waals surface area (Å²) in [6.45, 7) is 8.22. The molecule has 2 heteroatoms. The highest BCUT2D eigenvalue weighted by molar-refractivity contribution is 5.47. The van der Waals surface area contributed by atoms with E-state index in [1.165, 1.54) is 5.56 Å². The largest absolute Gasteiger partial charge is 0.369 e. The van der Waals surface area contributed by atoms with Gasteiger partial charge in [0.25, 0.3) is 0 Å². The summed E-state index contributed by atoms with van der Waals surface area (Å²) in [4.78, 5) is 0. The van der Waals surface area contributed by atoms with E-state index in [1.54, 1.807) is 0 Å². The van der Waals surface area contributed by atoms with E-state index in [0.717, 1.165) is 5.69 Å². The van der Waals surface area contributed by atoms with Crippen molar-refractivity contribution in [3.63, 3.8) is 0 Å². The van der Waals surface area contributed by atoms with Crippen LogP contribution < -0.4 is 5.32 Å². The molecule has 1 aromatic carbocycles. The molecule has 0 aliphatic heterocycles. The van der Waals surface area contributed by atoms with E-state index in [2.05, 4.69) is 38.2 Å². The normalized spacial score (nSPS) is 13.0. The van der Waals surface area contributed by atoms with Crippen molar-refractivity contribution < 1.29 is 0 Å². The molecule has 1 rings (SSSR count). The van der Waals surface area contributed by atoms with Crippen molar-refractivity contribution >= 4 is 5.69 Å². The van der Waals surface area contributed by atoms with E-state index >= 15 is 0 Å². The molecule has 1 atom stereocenters. The maximum absolute atomic E-state index is 9.08. The number of rotatable bonds is 2. The van der Waals surface area contributed by atoms with Crippen LogP contribution in [0.25, 0.3) is 0 Å². The van der Waals surface area contributed by atoms with Crippen molar-refractivity contribution in [1.82, 2.24) is 0 Å². The quantitative estimate of drug-likeness (QED) is 0.798. The smallest absolute Gasteiger partial charge is 0.119 e. The molecular weight excluding hydrogens is 184 g/mol. The predicted molar refractivity (Wildman–Crippen MR) is 63.7 cm³/mol. The van der Waals surface area contributed by atoms with Crippen LogP contribution in [-0.4, -0.2) is 6.04 Å². The summed E-state index contributed by atoms with van der Waals surface area (Å²) in [7, 11) is 0. The number of aryl methyl sites for hydroxylation is 1. The lowest BCUT2D eigenvalue weighted by molar-refractivity contribution is 0.390. The Hall–Kier alpha value is -1.49. The average Bonchev–Trinajstić information content (AvgIpc) is 2.12. The zero-order chi connectivity index (χ0) is 11.5. The summed E-state index contributed by atoms with van der Waals surface area (Å²) in [5.74, 6) is 0. The van der Waals surface area contributed by atoms with Crippen LogP contribution >= 0.6 is 0 Å². The molecule has 0 aliphatic carbocycles. The third kappa shape index (κ3) is 3.28. The molecule has 0 aromatic heterocycles. The number of hydrogen-bond acceptors (Lipinski definition) is 2. The zero-order valence-electron chi connectivity index (χ0n) is 9.83. The number of nitrogens with zero attached hydrogens (tertiary/aromatic N) is 1. The molecule has 0 saturated carbocycles. The monoisotopic (exact) mass is 202 g/mol. The summed E-state index contributed by atoms with van der Waals surface area (Å²) in [6.07, 6.45) is 0. The van der Waals surface area contributed by atoms with E-state index in [1.807, 2.05) is 25.1 Å². The maximum atomic E-state index is 9.08. The second kappa shape index (κ2) is 4.35. The van der Waals surface area contributed by atoms with Crippen LogP contribution in [0.4, 0.5) is 5.69 Å². The fraction of sp³-hybridized carbons (Fsp3) is 0.462. The van der Waals surface area contributed by atoms with Crippen molar-refractivity contribution in [3.05, 3.63) is 29.8 Å². The fourth-order valence-electron chi connectivity index (χ4n) is 1.34. The van der Waals surface area contributed by atoms with Gasteiger partial charge in [0, 0.05) is 5.69 Å². The summed E-state index contributed by atoms with van der Waals surface area (Å²) in [5.41, 5.74) is 2.15. The van der Waals surface area contributed by atoms with E-state index < -0.39 is 0 Å². The van der Waals surface area contributed by atoms with Gasteiger partial charge in [-0.05, 0) is 30.0 Å². The summed E-state index contributed by atoms with van der Waals surface area (Å²) in [6, 6.07) is 10.2.